The molecular formula is C17H18N2O6. The SMILES string of the molecule is Cc1oc(CNC(=O)c2ccnc(OC3CCOC3)c2)cc1C(=O)O. The molecule has 2 aromatic rings. The molecule has 1 atom stereocenters. The van der Waals surface area contributed by atoms with Crippen molar-refractivity contribution in [1.29, 1.82) is 0 Å². The molecule has 1 fully saturated rings. The van der Waals surface area contributed by atoms with Gasteiger partial charge < -0.3 is 24.3 Å². The molecule has 8 heteroatoms. The lowest BCUT2D eigenvalue weighted by Crippen LogP contribution is -2.23. The van der Waals surface area contributed by atoms with Crippen molar-refractivity contribution < 1.29 is 28.6 Å². The number of aromatic carboxylic acids is 1. The fourth-order valence-corrected chi connectivity index (χ4v) is 2.50. The Kier molecular flexibility index (Phi) is 4.99. The van der Waals surface area contributed by atoms with E-state index in [9.17, 15) is 9.59 Å². The van der Waals surface area contributed by atoms with Gasteiger partial charge >= 0.3 is 5.97 Å². The normalized spacial score (nSPS) is 16.6. The summed E-state index contributed by atoms with van der Waals surface area (Å²) < 4.78 is 16.2. The lowest BCUT2D eigenvalue weighted by Gasteiger charge is -2.11. The Labute approximate surface area is 143 Å². The number of hydrogen-bond donors (Lipinski definition) is 2. The first-order valence-electron chi connectivity index (χ1n) is 7.84. The van der Waals surface area contributed by atoms with Gasteiger partial charge in [-0.15, -0.1) is 0 Å². The van der Waals surface area contributed by atoms with Crippen LogP contribution in [0.2, 0.25) is 0 Å². The number of rotatable bonds is 6. The van der Waals surface area contributed by atoms with Gasteiger partial charge in [0.1, 0.15) is 23.2 Å². The maximum atomic E-state index is 12.3. The predicted molar refractivity (Wildman–Crippen MR) is 85.7 cm³/mol. The summed E-state index contributed by atoms with van der Waals surface area (Å²) in [5, 5.41) is 11.7. The summed E-state index contributed by atoms with van der Waals surface area (Å²) >= 11 is 0. The summed E-state index contributed by atoms with van der Waals surface area (Å²) in [6, 6.07) is 4.53. The zero-order chi connectivity index (χ0) is 17.8. The number of amides is 1. The second kappa shape index (κ2) is 7.35. The van der Waals surface area contributed by atoms with Crippen LogP contribution in [0, 0.1) is 6.92 Å². The number of aryl methyl sites for hydroxylation is 1. The van der Waals surface area contributed by atoms with Gasteiger partial charge in [-0.1, -0.05) is 0 Å². The molecule has 1 saturated heterocycles. The van der Waals surface area contributed by atoms with E-state index in [0.29, 0.717) is 36.2 Å². The van der Waals surface area contributed by atoms with Gasteiger partial charge in [0.25, 0.3) is 5.91 Å². The second-order valence-corrected chi connectivity index (χ2v) is 5.66. The van der Waals surface area contributed by atoms with Crippen LogP contribution in [0.3, 0.4) is 0 Å². The first-order chi connectivity index (χ1) is 12.0. The maximum absolute atomic E-state index is 12.3. The van der Waals surface area contributed by atoms with Gasteiger partial charge in [0, 0.05) is 24.2 Å². The lowest BCUT2D eigenvalue weighted by atomic mass is 10.2. The Bertz CT molecular complexity index is 779. The van der Waals surface area contributed by atoms with Crippen molar-refractivity contribution >= 4 is 11.9 Å². The van der Waals surface area contributed by atoms with E-state index in [1.54, 1.807) is 19.1 Å². The molecule has 1 amide bonds. The molecule has 0 spiro atoms. The number of aromatic nitrogens is 1. The number of carbonyl (C=O) groups is 2. The van der Waals surface area contributed by atoms with Crippen LogP contribution in [-0.2, 0) is 11.3 Å². The van der Waals surface area contributed by atoms with Crippen molar-refractivity contribution in [3.05, 3.63) is 47.0 Å². The van der Waals surface area contributed by atoms with E-state index >= 15 is 0 Å². The molecule has 8 nitrogen and oxygen atoms in total. The summed E-state index contributed by atoms with van der Waals surface area (Å²) in [7, 11) is 0. The number of furan rings is 1. The summed E-state index contributed by atoms with van der Waals surface area (Å²) in [6.07, 6.45) is 2.24. The number of carbonyl (C=O) groups excluding carboxylic acids is 1. The highest BCUT2D eigenvalue weighted by atomic mass is 16.5. The van der Waals surface area contributed by atoms with E-state index in [4.69, 9.17) is 19.0 Å². The topological polar surface area (TPSA) is 111 Å². The summed E-state index contributed by atoms with van der Waals surface area (Å²) in [4.78, 5) is 27.3. The molecule has 2 N–H and O–H groups in total. The van der Waals surface area contributed by atoms with E-state index in [1.807, 2.05) is 0 Å². The van der Waals surface area contributed by atoms with Crippen molar-refractivity contribution in [2.45, 2.75) is 26.0 Å². The van der Waals surface area contributed by atoms with E-state index in [2.05, 4.69) is 10.3 Å². The van der Waals surface area contributed by atoms with Crippen LogP contribution in [0.25, 0.3) is 0 Å². The zero-order valence-corrected chi connectivity index (χ0v) is 13.7. The number of pyridine rings is 1. The minimum absolute atomic E-state index is 0.0497. The zero-order valence-electron chi connectivity index (χ0n) is 13.7. The van der Waals surface area contributed by atoms with Crippen LogP contribution >= 0.6 is 0 Å². The maximum Gasteiger partial charge on any atom is 0.339 e. The van der Waals surface area contributed by atoms with Crippen molar-refractivity contribution in [3.63, 3.8) is 0 Å². The number of nitrogens with zero attached hydrogens (tertiary/aromatic N) is 1. The Morgan fingerprint density at radius 3 is 2.96 bits per heavy atom. The van der Waals surface area contributed by atoms with Crippen molar-refractivity contribution in [2.75, 3.05) is 13.2 Å². The van der Waals surface area contributed by atoms with E-state index in [0.717, 1.165) is 6.42 Å². The van der Waals surface area contributed by atoms with Gasteiger partial charge in [-0.2, -0.15) is 0 Å². The first-order valence-corrected chi connectivity index (χ1v) is 7.84. The Morgan fingerprint density at radius 1 is 1.44 bits per heavy atom. The third-order valence-corrected chi connectivity index (χ3v) is 3.79. The van der Waals surface area contributed by atoms with Gasteiger partial charge in [-0.05, 0) is 19.1 Å². The van der Waals surface area contributed by atoms with Crippen LogP contribution in [0.15, 0.2) is 28.8 Å². The molecule has 1 aliphatic heterocycles. The minimum atomic E-state index is -1.06. The molecule has 3 rings (SSSR count). The van der Waals surface area contributed by atoms with Gasteiger partial charge in [-0.3, -0.25) is 4.79 Å². The smallest absolute Gasteiger partial charge is 0.339 e. The highest BCUT2D eigenvalue weighted by molar-refractivity contribution is 5.94. The third-order valence-electron chi connectivity index (χ3n) is 3.79. The molecule has 0 aliphatic carbocycles. The van der Waals surface area contributed by atoms with E-state index in [1.165, 1.54) is 12.3 Å². The number of ether oxygens (including phenoxy) is 2. The fourth-order valence-electron chi connectivity index (χ4n) is 2.50. The molecule has 3 heterocycles. The molecule has 0 bridgehead atoms. The molecule has 132 valence electrons. The highest BCUT2D eigenvalue weighted by Crippen LogP contribution is 2.17. The van der Waals surface area contributed by atoms with Gasteiger partial charge in [0.05, 0.1) is 19.8 Å². The minimum Gasteiger partial charge on any atom is -0.478 e. The summed E-state index contributed by atoms with van der Waals surface area (Å²) in [5.74, 6) is -0.358. The van der Waals surface area contributed by atoms with Crippen molar-refractivity contribution in [2.24, 2.45) is 0 Å². The molecule has 2 aromatic heterocycles. The van der Waals surface area contributed by atoms with Crippen LogP contribution in [0.4, 0.5) is 0 Å². The second-order valence-electron chi connectivity index (χ2n) is 5.66. The van der Waals surface area contributed by atoms with Crippen molar-refractivity contribution in [3.8, 4) is 5.88 Å². The van der Waals surface area contributed by atoms with Crippen molar-refractivity contribution in [1.82, 2.24) is 10.3 Å². The Balaban J connectivity index is 1.61. The predicted octanol–water partition coefficient (Wildman–Crippen LogP) is 1.78. The van der Waals surface area contributed by atoms with Crippen LogP contribution in [-0.4, -0.2) is 41.3 Å². The highest BCUT2D eigenvalue weighted by Gasteiger charge is 2.19. The first kappa shape index (κ1) is 17.0. The lowest BCUT2D eigenvalue weighted by molar-refractivity contribution is 0.0694. The molecule has 25 heavy (non-hydrogen) atoms. The van der Waals surface area contributed by atoms with Crippen LogP contribution < -0.4 is 10.1 Å². The molecule has 1 aliphatic rings. The van der Waals surface area contributed by atoms with Crippen LogP contribution in [0.1, 0.15) is 38.7 Å². The molecule has 1 unspecified atom stereocenters. The van der Waals surface area contributed by atoms with Gasteiger partial charge in [0.2, 0.25) is 5.88 Å². The monoisotopic (exact) mass is 346 g/mol. The summed E-state index contributed by atoms with van der Waals surface area (Å²) in [6.45, 7) is 2.82. The van der Waals surface area contributed by atoms with Crippen LogP contribution in [0.5, 0.6) is 5.88 Å². The summed E-state index contributed by atoms with van der Waals surface area (Å²) in [5.41, 5.74) is 0.480. The number of hydrogen-bond acceptors (Lipinski definition) is 6. The van der Waals surface area contributed by atoms with Gasteiger partial charge in [-0.25, -0.2) is 9.78 Å². The fraction of sp³-hybridized carbons (Fsp3) is 0.353. The quantitative estimate of drug-likeness (QED) is 0.820. The average molecular weight is 346 g/mol. The third kappa shape index (κ3) is 4.16. The molecular weight excluding hydrogens is 328 g/mol. The number of nitrogens with one attached hydrogen (secondary N) is 1. The largest absolute Gasteiger partial charge is 0.478 e. The Morgan fingerprint density at radius 2 is 2.28 bits per heavy atom. The average Bonchev–Trinajstić information content (AvgIpc) is 3.22. The van der Waals surface area contributed by atoms with Gasteiger partial charge in [0.15, 0.2) is 0 Å². The Hall–Kier alpha value is -2.87. The number of carboxylic acid groups (broad SMARTS) is 1. The molecule has 0 saturated carbocycles. The number of carboxylic acids is 1. The standard InChI is InChI=1S/C17H18N2O6/c1-10-14(17(21)22)7-13(24-10)8-19-16(20)11-2-4-18-15(6-11)25-12-3-5-23-9-12/h2,4,6-7,12H,3,5,8-9H2,1H3,(H,19,20)(H,21,22). The van der Waals surface area contributed by atoms with E-state index < -0.39 is 5.97 Å². The van der Waals surface area contributed by atoms with E-state index in [-0.39, 0.29) is 24.1 Å². The molecule has 0 radical (unpaired) electrons. The molecule has 0 aromatic carbocycles.